The van der Waals surface area contributed by atoms with Gasteiger partial charge in [0, 0.05) is 45.1 Å². The van der Waals surface area contributed by atoms with Crippen LogP contribution in [0.25, 0.3) is 11.0 Å². The van der Waals surface area contributed by atoms with Crippen molar-refractivity contribution in [3.05, 3.63) is 42.4 Å². The molecule has 0 aliphatic carbocycles. The number of ether oxygens (including phenoxy) is 1. The minimum Gasteiger partial charge on any atom is -0.410 e. The van der Waals surface area contributed by atoms with Gasteiger partial charge < -0.3 is 24.8 Å². The van der Waals surface area contributed by atoms with Gasteiger partial charge in [0.1, 0.15) is 29.0 Å². The quantitative estimate of drug-likeness (QED) is 0.629. The number of carbonyl (C=O) groups is 2. The normalized spacial score (nSPS) is 15.0. The van der Waals surface area contributed by atoms with Gasteiger partial charge in [-0.05, 0) is 37.5 Å². The molecule has 2 aromatic heterocycles. The number of aryl methyl sites for hydroxylation is 1. The number of nitrogens with zero attached hydrogens (tertiary/aromatic N) is 5. The van der Waals surface area contributed by atoms with E-state index in [9.17, 15) is 14.9 Å². The number of nitriles is 1. The van der Waals surface area contributed by atoms with Crippen molar-refractivity contribution in [3.8, 4) is 11.8 Å². The molecule has 1 aliphatic rings. The first-order chi connectivity index (χ1) is 15.8. The molecule has 170 valence electrons. The van der Waals surface area contributed by atoms with Crippen LogP contribution in [0.1, 0.15) is 18.4 Å². The van der Waals surface area contributed by atoms with Gasteiger partial charge >= 0.3 is 6.09 Å². The molecule has 1 saturated heterocycles. The molecule has 0 atom stereocenters. The van der Waals surface area contributed by atoms with Crippen LogP contribution >= 0.6 is 0 Å². The number of aromatic nitrogens is 3. The number of aromatic amines is 1. The van der Waals surface area contributed by atoms with E-state index in [-0.39, 0.29) is 5.91 Å². The molecule has 4 rings (SSSR count). The van der Waals surface area contributed by atoms with E-state index in [1.165, 1.54) is 11.2 Å². The molecule has 0 radical (unpaired) electrons. The van der Waals surface area contributed by atoms with E-state index in [0.29, 0.717) is 37.4 Å². The average Bonchev–Trinajstić information content (AvgIpc) is 3.20. The van der Waals surface area contributed by atoms with Crippen molar-refractivity contribution in [2.45, 2.75) is 19.8 Å². The van der Waals surface area contributed by atoms with Gasteiger partial charge in [-0.3, -0.25) is 4.79 Å². The third kappa shape index (κ3) is 4.30. The lowest BCUT2D eigenvalue weighted by Gasteiger charge is -2.37. The second-order valence-corrected chi connectivity index (χ2v) is 8.32. The van der Waals surface area contributed by atoms with Gasteiger partial charge in [-0.15, -0.1) is 0 Å². The Bertz CT molecular complexity index is 1240. The zero-order valence-electron chi connectivity index (χ0n) is 18.8. The number of carbonyl (C=O) groups excluding carboxylic acids is 2. The zero-order valence-corrected chi connectivity index (χ0v) is 18.8. The summed E-state index contributed by atoms with van der Waals surface area (Å²) in [6.45, 7) is 3.02. The topological polar surface area (TPSA) is 127 Å². The molecule has 0 spiro atoms. The number of hydrogen-bond acceptors (Lipinski definition) is 7. The molecule has 1 aromatic carbocycles. The maximum Gasteiger partial charge on any atom is 0.414 e. The van der Waals surface area contributed by atoms with Gasteiger partial charge in [0.2, 0.25) is 5.91 Å². The Hall–Kier alpha value is -4.13. The first-order valence-electron chi connectivity index (χ1n) is 10.6. The van der Waals surface area contributed by atoms with Crippen LogP contribution in [0.3, 0.4) is 0 Å². The molecule has 1 aliphatic heterocycles. The summed E-state index contributed by atoms with van der Waals surface area (Å²) in [5.74, 6) is 0.745. The fraction of sp³-hybridized carbons (Fsp3) is 0.348. The molecule has 0 unspecified atom stereocenters. The standard InChI is InChI=1S/C23H25N7O3/c1-15-12-25-19-18(15)20(27-14-26-19)30-9-7-23(13-24,8-10-30)21(31)28-16-5-4-6-17(11-16)33-22(32)29(2)3/h4-6,11-12,14H,7-10H2,1-3H3,(H,28,31)(H,25,26,27). The summed E-state index contributed by atoms with van der Waals surface area (Å²) < 4.78 is 5.25. The van der Waals surface area contributed by atoms with E-state index >= 15 is 0 Å². The lowest BCUT2D eigenvalue weighted by atomic mass is 9.78. The van der Waals surface area contributed by atoms with Crippen LogP contribution in [0.2, 0.25) is 0 Å². The summed E-state index contributed by atoms with van der Waals surface area (Å²) >= 11 is 0. The molecule has 3 heterocycles. The highest BCUT2D eigenvalue weighted by Crippen LogP contribution is 2.36. The lowest BCUT2D eigenvalue weighted by molar-refractivity contribution is -0.123. The maximum atomic E-state index is 13.1. The number of piperidine rings is 1. The number of hydrogen-bond donors (Lipinski definition) is 2. The minimum absolute atomic E-state index is 0.307. The SMILES string of the molecule is Cc1c[nH]c2ncnc(N3CCC(C#N)(C(=O)Nc4cccc(OC(=O)N(C)C)c4)CC3)c12. The predicted molar refractivity (Wildman–Crippen MR) is 123 cm³/mol. The van der Waals surface area contributed by atoms with Crippen LogP contribution in [-0.2, 0) is 4.79 Å². The molecule has 2 N–H and O–H groups in total. The van der Waals surface area contributed by atoms with Gasteiger partial charge in [-0.25, -0.2) is 14.8 Å². The van der Waals surface area contributed by atoms with Crippen LogP contribution in [0, 0.1) is 23.7 Å². The second-order valence-electron chi connectivity index (χ2n) is 8.32. The molecule has 0 bridgehead atoms. The number of anilines is 2. The Kier molecular flexibility index (Phi) is 5.87. The van der Waals surface area contributed by atoms with Crippen LogP contribution in [0.5, 0.6) is 5.75 Å². The molecule has 2 amide bonds. The van der Waals surface area contributed by atoms with Crippen molar-refractivity contribution in [1.82, 2.24) is 19.9 Å². The summed E-state index contributed by atoms with van der Waals surface area (Å²) in [6, 6.07) is 8.80. The number of rotatable bonds is 4. The van der Waals surface area contributed by atoms with E-state index in [0.717, 1.165) is 22.4 Å². The predicted octanol–water partition coefficient (Wildman–Crippen LogP) is 3.08. The lowest BCUT2D eigenvalue weighted by Crippen LogP contribution is -2.46. The summed E-state index contributed by atoms with van der Waals surface area (Å²) in [6.07, 6.45) is 3.61. The number of H-pyrrole nitrogens is 1. The van der Waals surface area contributed by atoms with Crippen molar-refractivity contribution < 1.29 is 14.3 Å². The van der Waals surface area contributed by atoms with E-state index < -0.39 is 11.5 Å². The highest BCUT2D eigenvalue weighted by atomic mass is 16.6. The summed E-state index contributed by atoms with van der Waals surface area (Å²) in [5.41, 5.74) is 1.11. The molecule has 10 nitrogen and oxygen atoms in total. The minimum atomic E-state index is -1.16. The maximum absolute atomic E-state index is 13.1. The fourth-order valence-electron chi connectivity index (χ4n) is 3.91. The highest BCUT2D eigenvalue weighted by Gasteiger charge is 2.42. The third-order valence-electron chi connectivity index (χ3n) is 5.87. The van der Waals surface area contributed by atoms with Crippen molar-refractivity contribution in [1.29, 1.82) is 5.26 Å². The van der Waals surface area contributed by atoms with Crippen LogP contribution in [0.4, 0.5) is 16.3 Å². The van der Waals surface area contributed by atoms with Gasteiger partial charge in [-0.1, -0.05) is 6.07 Å². The van der Waals surface area contributed by atoms with E-state index in [4.69, 9.17) is 4.74 Å². The molecule has 33 heavy (non-hydrogen) atoms. The van der Waals surface area contributed by atoms with Crippen molar-refractivity contribution >= 4 is 34.5 Å². The molecule has 10 heteroatoms. The first-order valence-corrected chi connectivity index (χ1v) is 10.6. The highest BCUT2D eigenvalue weighted by molar-refractivity contribution is 5.98. The number of amides is 2. The summed E-state index contributed by atoms with van der Waals surface area (Å²) in [5, 5.41) is 13.7. The Morgan fingerprint density at radius 2 is 2.03 bits per heavy atom. The molecule has 0 saturated carbocycles. The Morgan fingerprint density at radius 3 is 2.73 bits per heavy atom. The van der Waals surface area contributed by atoms with Crippen molar-refractivity contribution in [3.63, 3.8) is 0 Å². The third-order valence-corrected chi connectivity index (χ3v) is 5.87. The molecule has 1 fully saturated rings. The van der Waals surface area contributed by atoms with Gasteiger partial charge in [0.15, 0.2) is 0 Å². The van der Waals surface area contributed by atoms with Crippen LogP contribution < -0.4 is 15.0 Å². The summed E-state index contributed by atoms with van der Waals surface area (Å²) in [7, 11) is 3.17. The summed E-state index contributed by atoms with van der Waals surface area (Å²) in [4.78, 5) is 40.2. The Morgan fingerprint density at radius 1 is 1.27 bits per heavy atom. The number of fused-ring (bicyclic) bond motifs is 1. The van der Waals surface area contributed by atoms with E-state index in [2.05, 4.69) is 31.2 Å². The van der Waals surface area contributed by atoms with Gasteiger partial charge in [0.25, 0.3) is 0 Å². The molecular weight excluding hydrogens is 422 g/mol. The first kappa shape index (κ1) is 22.1. The van der Waals surface area contributed by atoms with Crippen LogP contribution in [-0.4, -0.2) is 59.0 Å². The smallest absolute Gasteiger partial charge is 0.410 e. The largest absolute Gasteiger partial charge is 0.414 e. The Labute approximate surface area is 191 Å². The number of nitrogens with one attached hydrogen (secondary N) is 2. The fourth-order valence-corrected chi connectivity index (χ4v) is 3.91. The van der Waals surface area contributed by atoms with Crippen molar-refractivity contribution in [2.75, 3.05) is 37.4 Å². The van der Waals surface area contributed by atoms with Crippen molar-refractivity contribution in [2.24, 2.45) is 5.41 Å². The zero-order chi connectivity index (χ0) is 23.6. The number of benzene rings is 1. The van der Waals surface area contributed by atoms with E-state index in [1.54, 1.807) is 38.4 Å². The van der Waals surface area contributed by atoms with Crippen LogP contribution in [0.15, 0.2) is 36.8 Å². The van der Waals surface area contributed by atoms with E-state index in [1.807, 2.05) is 13.1 Å². The molecule has 3 aromatic rings. The Balaban J connectivity index is 1.47. The average molecular weight is 447 g/mol. The second kappa shape index (κ2) is 8.78. The van der Waals surface area contributed by atoms with Gasteiger partial charge in [0.05, 0.1) is 11.5 Å². The monoisotopic (exact) mass is 447 g/mol. The van der Waals surface area contributed by atoms with Gasteiger partial charge in [-0.2, -0.15) is 5.26 Å². The molecular formula is C23H25N7O3.